The molecule has 0 spiro atoms. The van der Waals surface area contributed by atoms with Gasteiger partial charge in [0.1, 0.15) is 41.7 Å². The smallest absolute Gasteiger partial charge is 0.448 e. The fourth-order valence-electron chi connectivity index (χ4n) is 7.63. The Hall–Kier alpha value is -7.22. The Kier molecular flexibility index (Phi) is 13.6. The van der Waals surface area contributed by atoms with Crippen molar-refractivity contribution in [2.45, 2.75) is 28.6 Å². The van der Waals surface area contributed by atoms with Crippen LogP contribution in [0.3, 0.4) is 0 Å². The van der Waals surface area contributed by atoms with Gasteiger partial charge in [0, 0.05) is 11.1 Å². The lowest BCUT2D eigenvalue weighted by molar-refractivity contribution is -0.154. The minimum atomic E-state index is -6.04. The quantitative estimate of drug-likeness (QED) is 0.0140. The van der Waals surface area contributed by atoms with Gasteiger partial charge in [-0.2, -0.15) is 21.6 Å². The molecule has 0 radical (unpaired) electrons. The lowest BCUT2D eigenvalue weighted by Crippen LogP contribution is -2.71. The van der Waals surface area contributed by atoms with E-state index in [2.05, 4.69) is 20.0 Å². The van der Waals surface area contributed by atoms with Crippen molar-refractivity contribution in [1.29, 1.82) is 0 Å². The van der Waals surface area contributed by atoms with E-state index in [1.807, 2.05) is 91.0 Å². The van der Waals surface area contributed by atoms with E-state index in [4.69, 9.17) is 14.6 Å². The van der Waals surface area contributed by atoms with Crippen LogP contribution in [-0.4, -0.2) is 71.6 Å². The van der Waals surface area contributed by atoms with E-state index in [1.54, 1.807) is 66.0 Å². The summed E-state index contributed by atoms with van der Waals surface area (Å²) in [7, 11) is -4.80. The van der Waals surface area contributed by atoms with Crippen LogP contribution in [0, 0.1) is 0 Å². The van der Waals surface area contributed by atoms with Gasteiger partial charge in [-0.05, 0) is 39.5 Å². The number of oxime groups is 1. The maximum atomic E-state index is 14.3. The number of alkyl halides is 3. The summed E-state index contributed by atoms with van der Waals surface area (Å²) in [6.45, 7) is 0. The highest BCUT2D eigenvalue weighted by molar-refractivity contribution is 8.00. The molecule has 2 unspecified atom stereocenters. The molecule has 1 fully saturated rings. The number of esters is 1. The molecule has 1 aromatic heterocycles. The molecule has 19 heteroatoms. The first-order valence-electron chi connectivity index (χ1n) is 20.3. The lowest BCUT2D eigenvalue weighted by atomic mass is 9.77. The summed E-state index contributed by atoms with van der Waals surface area (Å²) in [5.41, 5.74) is -3.41. The van der Waals surface area contributed by atoms with Gasteiger partial charge in [0.05, 0.1) is 0 Å². The number of allylic oxidation sites excluding steroid dienone is 1. The van der Waals surface area contributed by atoms with Gasteiger partial charge in [-0.15, -0.1) is 23.1 Å². The molecule has 1 saturated heterocycles. The minimum absolute atomic E-state index is 0.0802. The fourth-order valence-corrected chi connectivity index (χ4v) is 10.0. The number of ether oxygens (including phenoxy) is 1. The van der Waals surface area contributed by atoms with Gasteiger partial charge in [-0.1, -0.05) is 157 Å². The molecule has 6 aromatic rings. The average Bonchev–Trinajstić information content (AvgIpc) is 3.81. The number of aromatic nitrogens is 1. The number of hydrogen-bond donors (Lipinski definition) is 2. The predicted molar refractivity (Wildman–Crippen MR) is 247 cm³/mol. The Labute approximate surface area is 391 Å². The third-order valence-corrected chi connectivity index (χ3v) is 13.7. The third kappa shape index (κ3) is 9.56. The summed E-state index contributed by atoms with van der Waals surface area (Å²) in [6, 6.07) is 45.6. The zero-order valence-electron chi connectivity index (χ0n) is 35.1. The van der Waals surface area contributed by atoms with Crippen LogP contribution in [0.4, 0.5) is 18.3 Å². The van der Waals surface area contributed by atoms with Gasteiger partial charge >= 0.3 is 21.6 Å². The number of rotatable bonds is 16. The number of nitrogens with zero attached hydrogens (tertiary/aromatic N) is 3. The number of carbonyl (C=O) groups is 3. The van der Waals surface area contributed by atoms with Crippen LogP contribution in [0.25, 0.3) is 0 Å². The van der Waals surface area contributed by atoms with Crippen molar-refractivity contribution >= 4 is 61.8 Å². The maximum Gasteiger partial charge on any atom is 0.534 e. The molecule has 2 amide bonds. The summed E-state index contributed by atoms with van der Waals surface area (Å²) < 4.78 is 72.9. The van der Waals surface area contributed by atoms with Gasteiger partial charge in [-0.3, -0.25) is 14.5 Å². The molecule has 2 aliphatic heterocycles. The first kappa shape index (κ1) is 46.3. The molecule has 8 rings (SSSR count). The fraction of sp³-hybridized carbons (Fsp3) is 0.146. The number of fused-ring (bicyclic) bond motifs is 1. The number of thioether (sulfide) groups is 1. The molecule has 342 valence electrons. The highest BCUT2D eigenvalue weighted by Gasteiger charge is 2.55. The van der Waals surface area contributed by atoms with Crippen LogP contribution in [0.5, 0.6) is 0 Å². The van der Waals surface area contributed by atoms with Gasteiger partial charge in [0.25, 0.3) is 11.8 Å². The van der Waals surface area contributed by atoms with Crippen LogP contribution >= 0.6 is 23.1 Å². The molecule has 67 heavy (non-hydrogen) atoms. The van der Waals surface area contributed by atoms with Crippen LogP contribution in [0.1, 0.15) is 39.6 Å². The molecular formula is C48H38F3N5O8S3. The number of anilines is 1. The van der Waals surface area contributed by atoms with Gasteiger partial charge in [0.2, 0.25) is 0 Å². The second-order valence-electron chi connectivity index (χ2n) is 14.8. The zero-order chi connectivity index (χ0) is 47.2. The molecule has 0 bridgehead atoms. The molecule has 5 aromatic carbocycles. The second kappa shape index (κ2) is 19.7. The molecule has 0 saturated carbocycles. The number of hydrogen-bond acceptors (Lipinski definition) is 13. The third-order valence-electron chi connectivity index (χ3n) is 10.7. The van der Waals surface area contributed by atoms with E-state index >= 15 is 0 Å². The topological polar surface area (TPSA) is 166 Å². The van der Waals surface area contributed by atoms with Crippen molar-refractivity contribution in [2.24, 2.45) is 5.16 Å². The highest BCUT2D eigenvalue weighted by Crippen LogP contribution is 2.43. The van der Waals surface area contributed by atoms with Crippen molar-refractivity contribution in [3.05, 3.63) is 214 Å². The number of β-lactam (4-membered cyclic amide) rings is 1. The molecule has 2 atom stereocenters. The SMILES string of the molecule is CON=C(C(=O)NC1C(=O)N2C(C(=O)OC(c3ccccc3)c3ccccc3)=C(/C=C/OS(=O)(=O)C(F)(F)F)CSC12)c1csc(NC(c2ccccc2)(c2ccccc2)c2ccccc2)n1. The van der Waals surface area contributed by atoms with Crippen LogP contribution in [0.2, 0.25) is 0 Å². The normalized spacial score (nSPS) is 16.6. The molecule has 0 aliphatic carbocycles. The monoisotopic (exact) mass is 965 g/mol. The predicted octanol–water partition coefficient (Wildman–Crippen LogP) is 8.26. The lowest BCUT2D eigenvalue weighted by Gasteiger charge is -2.49. The summed E-state index contributed by atoms with van der Waals surface area (Å²) in [4.78, 5) is 53.5. The van der Waals surface area contributed by atoms with Crippen molar-refractivity contribution < 1.29 is 49.7 Å². The Balaban J connectivity index is 1.07. The number of nitrogens with one attached hydrogen (secondary N) is 2. The first-order valence-corrected chi connectivity index (χ1v) is 23.6. The van der Waals surface area contributed by atoms with E-state index in [1.165, 1.54) is 18.4 Å². The van der Waals surface area contributed by atoms with Crippen molar-refractivity contribution in [3.8, 4) is 0 Å². The number of thiazole rings is 1. The van der Waals surface area contributed by atoms with E-state index in [0.717, 1.165) is 39.4 Å². The summed E-state index contributed by atoms with van der Waals surface area (Å²) in [6.07, 6.45) is 0.120. The average molecular weight is 966 g/mol. The number of carbonyl (C=O) groups excluding carboxylic acids is 3. The Bertz CT molecular complexity index is 2810. The summed E-state index contributed by atoms with van der Waals surface area (Å²) in [5.74, 6) is -2.82. The largest absolute Gasteiger partial charge is 0.534 e. The van der Waals surface area contributed by atoms with Crippen LogP contribution in [0.15, 0.2) is 186 Å². The van der Waals surface area contributed by atoms with Crippen LogP contribution in [-0.2, 0) is 43.8 Å². The van der Waals surface area contributed by atoms with Crippen molar-refractivity contribution in [1.82, 2.24) is 15.2 Å². The van der Waals surface area contributed by atoms with E-state index in [9.17, 15) is 36.0 Å². The second-order valence-corrected chi connectivity index (χ2v) is 18.3. The molecular weight excluding hydrogens is 928 g/mol. The highest BCUT2D eigenvalue weighted by atomic mass is 32.2. The van der Waals surface area contributed by atoms with Gasteiger partial charge in [-0.25, -0.2) is 9.78 Å². The molecule has 2 aliphatic rings. The number of halogens is 3. The zero-order valence-corrected chi connectivity index (χ0v) is 37.5. The van der Waals surface area contributed by atoms with Crippen molar-refractivity contribution in [3.63, 3.8) is 0 Å². The maximum absolute atomic E-state index is 14.3. The van der Waals surface area contributed by atoms with Gasteiger partial charge in [0.15, 0.2) is 16.9 Å². The van der Waals surface area contributed by atoms with E-state index in [-0.39, 0.29) is 34.7 Å². The minimum Gasteiger partial charge on any atom is -0.448 e. The van der Waals surface area contributed by atoms with Crippen molar-refractivity contribution in [2.75, 3.05) is 18.2 Å². The Morgan fingerprint density at radius 2 is 1.33 bits per heavy atom. The van der Waals surface area contributed by atoms with E-state index in [0.29, 0.717) is 16.3 Å². The first-order chi connectivity index (χ1) is 32.3. The van der Waals surface area contributed by atoms with Gasteiger partial charge < -0.3 is 24.4 Å². The number of benzene rings is 5. The molecule has 13 nitrogen and oxygen atoms in total. The number of amides is 2. The Morgan fingerprint density at radius 1 is 0.821 bits per heavy atom. The van der Waals surface area contributed by atoms with E-state index < -0.39 is 56.5 Å². The standard InChI is InChI=1S/C48H38F3N5O8S3/c1-62-55-38(37-30-66-46(52-37)54-47(34-21-11-4-12-22-34,35-23-13-5-14-24-35)36-25-15-6-16-26-36)42(57)53-39-43(58)56-40(33(29-65-44(39)56)27-28-63-67(60,61)48(49,50)51)45(59)64-41(31-17-7-2-8-18-31)32-19-9-3-10-20-32/h2-28,30,39,41,44H,29H2,1H3,(H,52,54)(H,53,57)/b28-27+,55-38?. The molecule has 3 heterocycles. The summed E-state index contributed by atoms with van der Waals surface area (Å²) >= 11 is 2.26. The Morgan fingerprint density at radius 3 is 1.82 bits per heavy atom. The van der Waals surface area contributed by atoms with Crippen LogP contribution < -0.4 is 10.6 Å². The summed E-state index contributed by atoms with van der Waals surface area (Å²) in [5, 5.41) is 11.4. The molecule has 2 N–H and O–H groups in total.